The second kappa shape index (κ2) is 5.27. The topological polar surface area (TPSA) is 22.1 Å². The Labute approximate surface area is 115 Å². The lowest BCUT2D eigenvalue weighted by atomic mass is 10.1. The number of aromatic nitrogens is 1. The van der Waals surface area contributed by atoms with Gasteiger partial charge in [0, 0.05) is 6.20 Å². The molecule has 0 aliphatic carbocycles. The molecule has 2 rings (SSSR count). The van der Waals surface area contributed by atoms with E-state index in [1.807, 2.05) is 0 Å². The Balaban J connectivity index is 2.46. The van der Waals surface area contributed by atoms with Crippen LogP contribution in [0.15, 0.2) is 42.7 Å². The molecule has 0 amide bonds. The summed E-state index contributed by atoms with van der Waals surface area (Å²) in [7, 11) is 0. The van der Waals surface area contributed by atoms with Crippen LogP contribution >= 0.6 is 0 Å². The van der Waals surface area contributed by atoms with Crippen molar-refractivity contribution in [3.63, 3.8) is 0 Å². The first-order valence-corrected chi connectivity index (χ1v) is 5.54. The fourth-order valence-corrected chi connectivity index (χ4v) is 1.55. The Bertz CT molecular complexity index is 621. The summed E-state index contributed by atoms with van der Waals surface area (Å²) in [6.45, 7) is 0. The minimum absolute atomic E-state index is 0.0113. The Morgan fingerprint density at radius 2 is 1.62 bits per heavy atom. The minimum atomic E-state index is -4.97. The lowest BCUT2D eigenvalue weighted by molar-refractivity contribution is -0.143. The van der Waals surface area contributed by atoms with E-state index in [9.17, 15) is 26.3 Å². The van der Waals surface area contributed by atoms with E-state index < -0.39 is 29.2 Å². The van der Waals surface area contributed by atoms with E-state index in [4.69, 9.17) is 4.74 Å². The summed E-state index contributed by atoms with van der Waals surface area (Å²) in [4.78, 5) is 3.64. The molecular weight excluding hydrogens is 300 g/mol. The lowest BCUT2D eigenvalue weighted by Gasteiger charge is -2.16. The van der Waals surface area contributed by atoms with Crippen molar-refractivity contribution in [2.75, 3.05) is 0 Å². The number of hydrogen-bond donors (Lipinski definition) is 0. The normalized spacial score (nSPS) is 12.3. The summed E-state index contributed by atoms with van der Waals surface area (Å²) in [5.74, 6) is -0.730. The third-order valence-corrected chi connectivity index (χ3v) is 2.47. The molecule has 0 aliphatic heterocycles. The first-order valence-electron chi connectivity index (χ1n) is 5.54. The second-order valence-electron chi connectivity index (χ2n) is 4.00. The first-order chi connectivity index (χ1) is 9.68. The number of nitrogens with zero attached hydrogens (tertiary/aromatic N) is 1. The van der Waals surface area contributed by atoms with E-state index in [-0.39, 0.29) is 11.8 Å². The first kappa shape index (κ1) is 15.1. The van der Waals surface area contributed by atoms with Crippen molar-refractivity contribution in [1.82, 2.24) is 4.98 Å². The summed E-state index contributed by atoms with van der Waals surface area (Å²) < 4.78 is 81.0. The average Bonchev–Trinajstić information content (AvgIpc) is 2.38. The highest BCUT2D eigenvalue weighted by atomic mass is 19.4. The highest BCUT2D eigenvalue weighted by Crippen LogP contribution is 2.41. The van der Waals surface area contributed by atoms with Crippen molar-refractivity contribution in [2.45, 2.75) is 12.4 Å². The Morgan fingerprint density at radius 3 is 2.14 bits per heavy atom. The maximum absolute atomic E-state index is 12.9. The Hall–Kier alpha value is -2.25. The van der Waals surface area contributed by atoms with Gasteiger partial charge in [0.15, 0.2) is 0 Å². The summed E-state index contributed by atoms with van der Waals surface area (Å²) in [6.07, 6.45) is -7.31. The van der Waals surface area contributed by atoms with Crippen molar-refractivity contribution >= 4 is 0 Å². The van der Waals surface area contributed by atoms with Crippen LogP contribution in [0.4, 0.5) is 26.3 Å². The molecule has 0 unspecified atom stereocenters. The molecule has 0 N–H and O–H groups in total. The van der Waals surface area contributed by atoms with Gasteiger partial charge in [-0.1, -0.05) is 0 Å². The smallest absolute Gasteiger partial charge is 0.420 e. The highest BCUT2D eigenvalue weighted by molar-refractivity contribution is 5.42. The molecule has 2 aromatic rings. The molecule has 8 heteroatoms. The lowest BCUT2D eigenvalue weighted by Crippen LogP contribution is -2.11. The van der Waals surface area contributed by atoms with Crippen molar-refractivity contribution in [3.05, 3.63) is 53.9 Å². The van der Waals surface area contributed by atoms with Gasteiger partial charge in [-0.2, -0.15) is 26.3 Å². The second-order valence-corrected chi connectivity index (χ2v) is 4.00. The standard InChI is InChI=1S/C13H7F6NO/c14-12(15,16)8-3-4-11(10(6-8)13(17,18)19)21-9-2-1-5-20-7-9/h1-7H. The van der Waals surface area contributed by atoms with Crippen LogP contribution in [0.1, 0.15) is 11.1 Å². The van der Waals surface area contributed by atoms with Crippen LogP contribution < -0.4 is 4.74 Å². The number of rotatable bonds is 2. The van der Waals surface area contributed by atoms with Crippen LogP contribution in [0.25, 0.3) is 0 Å². The zero-order chi connectivity index (χ0) is 15.7. The third-order valence-electron chi connectivity index (χ3n) is 2.47. The summed E-state index contributed by atoms with van der Waals surface area (Å²) in [6, 6.07) is 3.95. The van der Waals surface area contributed by atoms with Gasteiger partial charge < -0.3 is 4.74 Å². The Kier molecular flexibility index (Phi) is 3.80. The van der Waals surface area contributed by atoms with Gasteiger partial charge in [-0.05, 0) is 30.3 Å². The molecule has 2 nitrogen and oxygen atoms in total. The Morgan fingerprint density at radius 1 is 0.905 bits per heavy atom. The summed E-state index contributed by atoms with van der Waals surface area (Å²) in [5, 5.41) is 0. The number of hydrogen-bond acceptors (Lipinski definition) is 2. The van der Waals surface area contributed by atoms with Crippen LogP contribution in [0, 0.1) is 0 Å². The van der Waals surface area contributed by atoms with E-state index in [1.165, 1.54) is 18.3 Å². The van der Waals surface area contributed by atoms with Gasteiger partial charge in [0.1, 0.15) is 11.5 Å². The van der Waals surface area contributed by atoms with Gasteiger partial charge in [-0.25, -0.2) is 0 Å². The highest BCUT2D eigenvalue weighted by Gasteiger charge is 2.39. The average molecular weight is 307 g/mol. The van der Waals surface area contributed by atoms with E-state index in [1.54, 1.807) is 0 Å². The maximum atomic E-state index is 12.9. The van der Waals surface area contributed by atoms with Crippen LogP contribution in [-0.4, -0.2) is 4.98 Å². The van der Waals surface area contributed by atoms with Gasteiger partial charge in [0.2, 0.25) is 0 Å². The quantitative estimate of drug-likeness (QED) is 0.735. The van der Waals surface area contributed by atoms with Crippen LogP contribution in [0.2, 0.25) is 0 Å². The van der Waals surface area contributed by atoms with Crippen LogP contribution in [0.3, 0.4) is 0 Å². The minimum Gasteiger partial charge on any atom is -0.455 e. The van der Waals surface area contributed by atoms with Crippen LogP contribution in [-0.2, 0) is 12.4 Å². The van der Waals surface area contributed by atoms with E-state index >= 15 is 0 Å². The number of alkyl halides is 6. The monoisotopic (exact) mass is 307 g/mol. The van der Waals surface area contributed by atoms with Gasteiger partial charge in [0.25, 0.3) is 0 Å². The number of ether oxygens (including phenoxy) is 1. The zero-order valence-corrected chi connectivity index (χ0v) is 10.2. The molecule has 0 atom stereocenters. The maximum Gasteiger partial charge on any atom is 0.420 e. The zero-order valence-electron chi connectivity index (χ0n) is 10.2. The van der Waals surface area contributed by atoms with Crippen molar-refractivity contribution in [1.29, 1.82) is 0 Å². The molecule has 0 spiro atoms. The molecule has 1 heterocycles. The molecule has 0 saturated carbocycles. The molecule has 0 bridgehead atoms. The SMILES string of the molecule is FC(F)(F)c1ccc(Oc2cccnc2)c(C(F)(F)F)c1. The molecule has 1 aromatic carbocycles. The van der Waals surface area contributed by atoms with Gasteiger partial charge in [-0.3, -0.25) is 4.98 Å². The largest absolute Gasteiger partial charge is 0.455 e. The summed E-state index contributed by atoms with van der Waals surface area (Å²) >= 11 is 0. The molecular formula is C13H7F6NO. The van der Waals surface area contributed by atoms with Gasteiger partial charge >= 0.3 is 12.4 Å². The predicted octanol–water partition coefficient (Wildman–Crippen LogP) is 4.91. The molecule has 0 radical (unpaired) electrons. The number of halogens is 6. The molecule has 0 saturated heterocycles. The third kappa shape index (κ3) is 3.65. The molecule has 0 aliphatic rings. The van der Waals surface area contributed by atoms with E-state index in [0.29, 0.717) is 12.1 Å². The van der Waals surface area contributed by atoms with Crippen molar-refractivity contribution < 1.29 is 31.1 Å². The fraction of sp³-hybridized carbons (Fsp3) is 0.154. The number of pyridine rings is 1. The molecule has 0 fully saturated rings. The predicted molar refractivity (Wildman–Crippen MR) is 60.8 cm³/mol. The van der Waals surface area contributed by atoms with Gasteiger partial charge in [-0.15, -0.1) is 0 Å². The molecule has 112 valence electrons. The summed E-state index contributed by atoms with van der Waals surface area (Å²) in [5.41, 5.74) is -2.89. The van der Waals surface area contributed by atoms with E-state index in [2.05, 4.69) is 4.98 Å². The molecule has 21 heavy (non-hydrogen) atoms. The van der Waals surface area contributed by atoms with Gasteiger partial charge in [0.05, 0.1) is 17.3 Å². The fourth-order valence-electron chi connectivity index (χ4n) is 1.55. The van der Waals surface area contributed by atoms with Crippen molar-refractivity contribution in [2.24, 2.45) is 0 Å². The van der Waals surface area contributed by atoms with Crippen LogP contribution in [0.5, 0.6) is 11.5 Å². The molecule has 1 aromatic heterocycles. The van der Waals surface area contributed by atoms with E-state index in [0.717, 1.165) is 6.20 Å². The van der Waals surface area contributed by atoms with Crippen molar-refractivity contribution in [3.8, 4) is 11.5 Å². The number of benzene rings is 1.